The van der Waals surface area contributed by atoms with Gasteiger partial charge in [0.05, 0.1) is 6.20 Å². The minimum absolute atomic E-state index is 0.295. The fraction of sp³-hybridized carbons (Fsp3) is 0.0588. The quantitative estimate of drug-likeness (QED) is 0.580. The Morgan fingerprint density at radius 2 is 1.96 bits per heavy atom. The third-order valence-corrected chi connectivity index (χ3v) is 4.49. The molecule has 0 bridgehead atoms. The summed E-state index contributed by atoms with van der Waals surface area (Å²) >= 11 is 1.46. The van der Waals surface area contributed by atoms with Crippen LogP contribution in [0.15, 0.2) is 71.0 Å². The molecule has 0 fully saturated rings. The smallest absolute Gasteiger partial charge is 0.285 e. The molecule has 3 heterocycles. The number of benzene rings is 1. The van der Waals surface area contributed by atoms with Crippen LogP contribution < -0.4 is 5.69 Å². The predicted octanol–water partition coefficient (Wildman–Crippen LogP) is 2.77. The summed E-state index contributed by atoms with van der Waals surface area (Å²) in [6.45, 7) is 0. The van der Waals surface area contributed by atoms with Gasteiger partial charge in [-0.2, -0.15) is 9.61 Å². The van der Waals surface area contributed by atoms with E-state index in [0.29, 0.717) is 16.6 Å². The highest BCUT2D eigenvalue weighted by molar-refractivity contribution is 7.98. The molecule has 7 heteroatoms. The minimum atomic E-state index is -0.295. The lowest BCUT2D eigenvalue weighted by molar-refractivity contribution is 0.786. The first-order valence-corrected chi connectivity index (χ1v) is 8.35. The SMILES string of the molecule is O=c1[nH]c(SCc2cccnc2)nc2c(-c3ccccc3)cnn12. The summed E-state index contributed by atoms with van der Waals surface area (Å²) in [5, 5.41) is 4.71. The van der Waals surface area contributed by atoms with Crippen molar-refractivity contribution in [2.75, 3.05) is 0 Å². The summed E-state index contributed by atoms with van der Waals surface area (Å²) in [5.74, 6) is 0.682. The Kier molecular flexibility index (Phi) is 3.84. The molecule has 118 valence electrons. The molecule has 0 aliphatic carbocycles. The van der Waals surface area contributed by atoms with E-state index < -0.39 is 0 Å². The van der Waals surface area contributed by atoms with Crippen molar-refractivity contribution in [1.82, 2.24) is 24.6 Å². The molecule has 0 atom stereocenters. The third kappa shape index (κ3) is 2.81. The summed E-state index contributed by atoms with van der Waals surface area (Å²) in [5.41, 5.74) is 3.15. The summed E-state index contributed by atoms with van der Waals surface area (Å²) < 4.78 is 1.29. The van der Waals surface area contributed by atoms with Crippen molar-refractivity contribution in [2.45, 2.75) is 10.9 Å². The largest absolute Gasteiger partial charge is 0.350 e. The molecule has 0 aliphatic rings. The standard InChI is InChI=1S/C17H13N5OS/c23-17-21-16(24-11-12-5-4-8-18-9-12)20-15-14(10-19-22(15)17)13-6-2-1-3-7-13/h1-10H,11H2,(H,20,21,23). The lowest BCUT2D eigenvalue weighted by Gasteiger charge is -2.03. The maximum Gasteiger partial charge on any atom is 0.350 e. The molecule has 0 saturated carbocycles. The molecule has 4 rings (SSSR count). The summed E-state index contributed by atoms with van der Waals surface area (Å²) in [6.07, 6.45) is 5.21. The summed E-state index contributed by atoms with van der Waals surface area (Å²) in [7, 11) is 0. The number of pyridine rings is 1. The normalized spacial score (nSPS) is 11.0. The highest BCUT2D eigenvalue weighted by Gasteiger charge is 2.12. The first-order valence-electron chi connectivity index (χ1n) is 7.36. The lowest BCUT2D eigenvalue weighted by Crippen LogP contribution is -2.19. The molecule has 0 unspecified atom stereocenters. The van der Waals surface area contributed by atoms with Gasteiger partial charge in [-0.1, -0.05) is 48.2 Å². The Morgan fingerprint density at radius 1 is 1.08 bits per heavy atom. The van der Waals surface area contributed by atoms with E-state index in [9.17, 15) is 4.79 Å². The van der Waals surface area contributed by atoms with Crippen LogP contribution in [0.2, 0.25) is 0 Å². The second-order valence-electron chi connectivity index (χ2n) is 5.16. The number of rotatable bonds is 4. The van der Waals surface area contributed by atoms with Gasteiger partial charge in [-0.15, -0.1) is 0 Å². The summed E-state index contributed by atoms with van der Waals surface area (Å²) in [6, 6.07) is 13.7. The van der Waals surface area contributed by atoms with Crippen LogP contribution in [0.1, 0.15) is 5.56 Å². The zero-order chi connectivity index (χ0) is 16.4. The second kappa shape index (κ2) is 6.29. The Labute approximate surface area is 141 Å². The maximum atomic E-state index is 12.2. The van der Waals surface area contributed by atoms with Crippen LogP contribution in [0.3, 0.4) is 0 Å². The Bertz CT molecular complexity index is 1030. The zero-order valence-electron chi connectivity index (χ0n) is 12.6. The van der Waals surface area contributed by atoms with Gasteiger partial charge >= 0.3 is 5.69 Å². The van der Waals surface area contributed by atoms with Crippen LogP contribution in [0.25, 0.3) is 16.8 Å². The molecule has 1 N–H and O–H groups in total. The molecule has 0 radical (unpaired) electrons. The van der Waals surface area contributed by atoms with Gasteiger partial charge in [-0.25, -0.2) is 9.78 Å². The van der Waals surface area contributed by atoms with E-state index in [1.54, 1.807) is 18.6 Å². The van der Waals surface area contributed by atoms with Crippen molar-refractivity contribution in [1.29, 1.82) is 0 Å². The van der Waals surface area contributed by atoms with Crippen molar-refractivity contribution < 1.29 is 0 Å². The van der Waals surface area contributed by atoms with Crippen molar-refractivity contribution in [3.63, 3.8) is 0 Å². The summed E-state index contributed by atoms with van der Waals surface area (Å²) in [4.78, 5) is 23.7. The number of H-pyrrole nitrogens is 1. The van der Waals surface area contributed by atoms with Gasteiger partial charge in [0, 0.05) is 23.7 Å². The number of nitrogens with zero attached hydrogens (tertiary/aromatic N) is 4. The first kappa shape index (κ1) is 14.6. The number of hydrogen-bond acceptors (Lipinski definition) is 5. The van der Waals surface area contributed by atoms with Crippen molar-refractivity contribution >= 4 is 17.4 Å². The number of nitrogens with one attached hydrogen (secondary N) is 1. The zero-order valence-corrected chi connectivity index (χ0v) is 13.4. The number of thioether (sulfide) groups is 1. The van der Waals surface area contributed by atoms with Crippen LogP contribution >= 0.6 is 11.8 Å². The molecule has 6 nitrogen and oxygen atoms in total. The van der Waals surface area contributed by atoms with Gasteiger partial charge in [-0.3, -0.25) is 9.97 Å². The molecular formula is C17H13N5OS. The Hall–Kier alpha value is -2.93. The average Bonchev–Trinajstić information content (AvgIpc) is 3.06. The fourth-order valence-corrected chi connectivity index (χ4v) is 3.18. The average molecular weight is 335 g/mol. The lowest BCUT2D eigenvalue weighted by atomic mass is 10.1. The Balaban J connectivity index is 1.72. The van der Waals surface area contributed by atoms with Crippen LogP contribution in [-0.2, 0) is 5.75 Å². The van der Waals surface area contributed by atoms with Gasteiger partial charge in [0.2, 0.25) is 0 Å². The second-order valence-corrected chi connectivity index (χ2v) is 6.12. The van der Waals surface area contributed by atoms with Crippen LogP contribution in [-0.4, -0.2) is 24.6 Å². The molecular weight excluding hydrogens is 322 g/mol. The molecule has 0 aliphatic heterocycles. The van der Waals surface area contributed by atoms with Crippen LogP contribution in [0, 0.1) is 0 Å². The van der Waals surface area contributed by atoms with Gasteiger partial charge < -0.3 is 0 Å². The van der Waals surface area contributed by atoms with Gasteiger partial charge in [-0.05, 0) is 17.2 Å². The number of aromatic nitrogens is 5. The van der Waals surface area contributed by atoms with Crippen molar-refractivity contribution in [3.05, 3.63) is 77.1 Å². The molecule has 0 amide bonds. The molecule has 0 spiro atoms. The molecule has 1 aromatic carbocycles. The van der Waals surface area contributed by atoms with E-state index in [4.69, 9.17) is 0 Å². The van der Waals surface area contributed by atoms with Crippen LogP contribution in [0.4, 0.5) is 0 Å². The van der Waals surface area contributed by atoms with Crippen LogP contribution in [0.5, 0.6) is 0 Å². The number of aromatic amines is 1. The topological polar surface area (TPSA) is 75.9 Å². The van der Waals surface area contributed by atoms with E-state index in [1.165, 1.54) is 16.3 Å². The first-order chi connectivity index (χ1) is 11.8. The highest BCUT2D eigenvalue weighted by atomic mass is 32.2. The van der Waals surface area contributed by atoms with E-state index in [-0.39, 0.29) is 5.69 Å². The van der Waals surface area contributed by atoms with E-state index >= 15 is 0 Å². The molecule has 4 aromatic rings. The van der Waals surface area contributed by atoms with Crippen molar-refractivity contribution in [2.24, 2.45) is 0 Å². The monoisotopic (exact) mass is 335 g/mol. The van der Waals surface area contributed by atoms with Gasteiger partial charge in [0.25, 0.3) is 0 Å². The minimum Gasteiger partial charge on any atom is -0.285 e. The van der Waals surface area contributed by atoms with Gasteiger partial charge in [0.1, 0.15) is 0 Å². The fourth-order valence-electron chi connectivity index (χ4n) is 2.39. The predicted molar refractivity (Wildman–Crippen MR) is 92.8 cm³/mol. The van der Waals surface area contributed by atoms with E-state index in [2.05, 4.69) is 20.1 Å². The van der Waals surface area contributed by atoms with Gasteiger partial charge in [0.15, 0.2) is 10.8 Å². The number of fused-ring (bicyclic) bond motifs is 1. The highest BCUT2D eigenvalue weighted by Crippen LogP contribution is 2.24. The van der Waals surface area contributed by atoms with E-state index in [0.717, 1.165) is 16.7 Å². The molecule has 0 saturated heterocycles. The molecule has 24 heavy (non-hydrogen) atoms. The maximum absolute atomic E-state index is 12.2. The Morgan fingerprint density at radius 3 is 2.75 bits per heavy atom. The third-order valence-electron chi connectivity index (χ3n) is 3.54. The number of hydrogen-bond donors (Lipinski definition) is 1. The molecule has 3 aromatic heterocycles. The van der Waals surface area contributed by atoms with Crippen molar-refractivity contribution in [3.8, 4) is 11.1 Å². The van der Waals surface area contributed by atoms with E-state index in [1.807, 2.05) is 42.5 Å².